The van der Waals surface area contributed by atoms with Gasteiger partial charge in [-0.15, -0.1) is 0 Å². The molecule has 2 aromatic rings. The monoisotopic (exact) mass is 230 g/mol. The lowest BCUT2D eigenvalue weighted by atomic mass is 10.2. The van der Waals surface area contributed by atoms with E-state index < -0.39 is 0 Å². The summed E-state index contributed by atoms with van der Waals surface area (Å²) in [5.74, 6) is 0.897. The average Bonchev–Trinajstić information content (AvgIpc) is 2.71. The van der Waals surface area contributed by atoms with Gasteiger partial charge in [0.1, 0.15) is 5.75 Å². The Labute approximate surface area is 102 Å². The van der Waals surface area contributed by atoms with Crippen molar-refractivity contribution in [3.05, 3.63) is 41.2 Å². The first-order valence-corrected chi connectivity index (χ1v) is 5.86. The van der Waals surface area contributed by atoms with Crippen molar-refractivity contribution in [2.45, 2.75) is 27.2 Å². The summed E-state index contributed by atoms with van der Waals surface area (Å²) in [7, 11) is 1.69. The lowest BCUT2D eigenvalue weighted by Gasteiger charge is -2.07. The summed E-state index contributed by atoms with van der Waals surface area (Å²) in [4.78, 5) is 0. The van der Waals surface area contributed by atoms with Crippen LogP contribution in [0.25, 0.3) is 5.69 Å². The van der Waals surface area contributed by atoms with Crippen LogP contribution in [-0.4, -0.2) is 16.9 Å². The van der Waals surface area contributed by atoms with Crippen LogP contribution in [-0.2, 0) is 6.42 Å². The summed E-state index contributed by atoms with van der Waals surface area (Å²) in [6.45, 7) is 6.25. The van der Waals surface area contributed by atoms with E-state index in [1.54, 1.807) is 7.11 Å². The lowest BCUT2D eigenvalue weighted by molar-refractivity contribution is 0.411. The molecule has 0 saturated carbocycles. The van der Waals surface area contributed by atoms with Gasteiger partial charge in [-0.2, -0.15) is 5.10 Å². The van der Waals surface area contributed by atoms with E-state index in [-0.39, 0.29) is 0 Å². The zero-order valence-corrected chi connectivity index (χ0v) is 10.8. The van der Waals surface area contributed by atoms with Crippen molar-refractivity contribution in [2.75, 3.05) is 7.11 Å². The van der Waals surface area contributed by atoms with E-state index in [0.717, 1.165) is 29.1 Å². The minimum atomic E-state index is 0.897. The summed E-state index contributed by atoms with van der Waals surface area (Å²) in [6.07, 6.45) is 3.02. The number of hydrogen-bond acceptors (Lipinski definition) is 2. The molecule has 0 atom stereocenters. The van der Waals surface area contributed by atoms with E-state index >= 15 is 0 Å². The predicted molar refractivity (Wildman–Crippen MR) is 69.0 cm³/mol. The molecule has 0 bridgehead atoms. The van der Waals surface area contributed by atoms with Crippen LogP contribution >= 0.6 is 0 Å². The molecule has 3 nitrogen and oxygen atoms in total. The van der Waals surface area contributed by atoms with Gasteiger partial charge in [0.2, 0.25) is 0 Å². The van der Waals surface area contributed by atoms with E-state index in [2.05, 4.69) is 37.3 Å². The van der Waals surface area contributed by atoms with Crippen LogP contribution in [0.15, 0.2) is 24.4 Å². The third kappa shape index (κ3) is 2.18. The van der Waals surface area contributed by atoms with Crippen LogP contribution in [0.2, 0.25) is 0 Å². The van der Waals surface area contributed by atoms with Crippen LogP contribution in [0.5, 0.6) is 5.75 Å². The maximum Gasteiger partial charge on any atom is 0.123 e. The first kappa shape index (κ1) is 11.7. The topological polar surface area (TPSA) is 27.1 Å². The van der Waals surface area contributed by atoms with Gasteiger partial charge >= 0.3 is 0 Å². The second kappa shape index (κ2) is 4.62. The van der Waals surface area contributed by atoms with Crippen molar-refractivity contribution >= 4 is 0 Å². The first-order chi connectivity index (χ1) is 8.15. The molecule has 0 aliphatic heterocycles. The molecule has 0 amide bonds. The maximum absolute atomic E-state index is 5.33. The third-order valence-electron chi connectivity index (χ3n) is 2.99. The molecular weight excluding hydrogens is 212 g/mol. The molecule has 1 aromatic carbocycles. The van der Waals surface area contributed by atoms with Gasteiger partial charge in [0.15, 0.2) is 0 Å². The van der Waals surface area contributed by atoms with E-state index in [1.165, 1.54) is 5.56 Å². The Morgan fingerprint density at radius 1 is 1.24 bits per heavy atom. The van der Waals surface area contributed by atoms with Crippen molar-refractivity contribution in [1.82, 2.24) is 9.78 Å². The smallest absolute Gasteiger partial charge is 0.123 e. The van der Waals surface area contributed by atoms with Gasteiger partial charge < -0.3 is 4.74 Å². The largest absolute Gasteiger partial charge is 0.496 e. The van der Waals surface area contributed by atoms with Crippen LogP contribution in [0, 0.1) is 13.8 Å². The van der Waals surface area contributed by atoms with Gasteiger partial charge in [-0.25, -0.2) is 4.68 Å². The zero-order valence-electron chi connectivity index (χ0n) is 10.8. The Balaban J connectivity index is 2.45. The van der Waals surface area contributed by atoms with Crippen molar-refractivity contribution in [3.63, 3.8) is 0 Å². The molecule has 17 heavy (non-hydrogen) atoms. The predicted octanol–water partition coefficient (Wildman–Crippen LogP) is 3.06. The van der Waals surface area contributed by atoms with E-state index in [0.29, 0.717) is 0 Å². The van der Waals surface area contributed by atoms with Crippen molar-refractivity contribution in [2.24, 2.45) is 0 Å². The Morgan fingerprint density at radius 2 is 2.00 bits per heavy atom. The molecule has 0 unspecified atom stereocenters. The van der Waals surface area contributed by atoms with Gasteiger partial charge in [0.05, 0.1) is 18.5 Å². The Morgan fingerprint density at radius 3 is 2.59 bits per heavy atom. The van der Waals surface area contributed by atoms with Crippen molar-refractivity contribution < 1.29 is 4.74 Å². The highest BCUT2D eigenvalue weighted by Gasteiger charge is 2.06. The maximum atomic E-state index is 5.33. The number of rotatable bonds is 3. The normalized spacial score (nSPS) is 10.6. The minimum Gasteiger partial charge on any atom is -0.496 e. The summed E-state index contributed by atoms with van der Waals surface area (Å²) in [6, 6.07) is 6.13. The van der Waals surface area contributed by atoms with E-state index in [1.807, 2.05) is 17.7 Å². The number of ether oxygens (including phenoxy) is 1. The van der Waals surface area contributed by atoms with Gasteiger partial charge in [-0.3, -0.25) is 0 Å². The fourth-order valence-corrected chi connectivity index (χ4v) is 1.93. The third-order valence-corrected chi connectivity index (χ3v) is 2.99. The molecule has 90 valence electrons. The number of methoxy groups -OCH3 is 1. The van der Waals surface area contributed by atoms with Crippen molar-refractivity contribution in [3.8, 4) is 11.4 Å². The fraction of sp³-hybridized carbons (Fsp3) is 0.357. The Hall–Kier alpha value is -1.77. The highest BCUT2D eigenvalue weighted by Crippen LogP contribution is 2.22. The number of nitrogens with zero attached hydrogens (tertiary/aromatic N) is 2. The molecular formula is C14H18N2O. The van der Waals surface area contributed by atoms with Gasteiger partial charge in [0, 0.05) is 12.3 Å². The fourth-order valence-electron chi connectivity index (χ4n) is 1.93. The zero-order chi connectivity index (χ0) is 12.4. The quantitative estimate of drug-likeness (QED) is 0.810. The molecule has 0 saturated heterocycles. The van der Waals surface area contributed by atoms with E-state index in [4.69, 9.17) is 4.74 Å². The number of hydrogen-bond donors (Lipinski definition) is 0. The average molecular weight is 230 g/mol. The first-order valence-electron chi connectivity index (χ1n) is 5.86. The molecule has 2 rings (SSSR count). The minimum absolute atomic E-state index is 0.897. The van der Waals surface area contributed by atoms with Crippen LogP contribution in [0.3, 0.4) is 0 Å². The van der Waals surface area contributed by atoms with Crippen LogP contribution in [0.1, 0.15) is 23.7 Å². The second-order valence-electron chi connectivity index (χ2n) is 4.21. The lowest BCUT2D eigenvalue weighted by Crippen LogP contribution is -1.97. The second-order valence-corrected chi connectivity index (χ2v) is 4.21. The standard InChI is InChI=1S/C14H18N2O/c1-5-13-11(3)9-16(15-13)12-7-6-10(2)14(8-12)17-4/h6-9H,5H2,1-4H3. The molecule has 0 N–H and O–H groups in total. The molecule has 0 aliphatic rings. The molecule has 1 heterocycles. The number of aryl methyl sites for hydroxylation is 3. The van der Waals surface area contributed by atoms with Gasteiger partial charge in [-0.1, -0.05) is 13.0 Å². The summed E-state index contributed by atoms with van der Waals surface area (Å²) in [5, 5.41) is 4.56. The van der Waals surface area contributed by atoms with Crippen LogP contribution < -0.4 is 4.74 Å². The molecule has 0 aliphatic carbocycles. The van der Waals surface area contributed by atoms with Gasteiger partial charge in [0.25, 0.3) is 0 Å². The summed E-state index contributed by atoms with van der Waals surface area (Å²) >= 11 is 0. The SMILES string of the molecule is CCc1nn(-c2ccc(C)c(OC)c2)cc1C. The van der Waals surface area contributed by atoms with Gasteiger partial charge in [-0.05, 0) is 37.5 Å². The number of aromatic nitrogens is 2. The molecule has 0 radical (unpaired) electrons. The number of benzene rings is 1. The van der Waals surface area contributed by atoms with Crippen LogP contribution in [0.4, 0.5) is 0 Å². The highest BCUT2D eigenvalue weighted by atomic mass is 16.5. The molecule has 0 spiro atoms. The van der Waals surface area contributed by atoms with Crippen molar-refractivity contribution in [1.29, 1.82) is 0 Å². The Kier molecular flexibility index (Phi) is 3.18. The highest BCUT2D eigenvalue weighted by molar-refractivity contribution is 5.44. The summed E-state index contributed by atoms with van der Waals surface area (Å²) in [5.41, 5.74) is 4.54. The Bertz CT molecular complexity index is 529. The summed E-state index contributed by atoms with van der Waals surface area (Å²) < 4.78 is 7.24. The molecule has 3 heteroatoms. The van der Waals surface area contributed by atoms with E-state index in [9.17, 15) is 0 Å². The molecule has 0 fully saturated rings. The molecule has 1 aromatic heterocycles.